The van der Waals surface area contributed by atoms with E-state index in [1.807, 2.05) is 12.2 Å². The molecule has 0 spiro atoms. The fourth-order valence-electron chi connectivity index (χ4n) is 0.331. The number of nitrogens with zero attached hydrogens (tertiary/aromatic N) is 1. The molecule has 0 saturated carbocycles. The van der Waals surface area contributed by atoms with Crippen LogP contribution in [-0.4, -0.2) is 11.2 Å². The van der Waals surface area contributed by atoms with Crippen LogP contribution in [0.5, 0.6) is 0 Å². The van der Waals surface area contributed by atoms with Crippen molar-refractivity contribution in [2.75, 3.05) is 0 Å². The first kappa shape index (κ1) is 5.57. The number of rotatable bonds is 2. The fourth-order valence-corrected chi connectivity index (χ4v) is 0.444. The van der Waals surface area contributed by atoms with E-state index < -0.39 is 0 Å². The smallest absolute Gasteiger partial charge is 0.124 e. The maximum atomic E-state index is 5.49. The summed E-state index contributed by atoms with van der Waals surface area (Å²) in [5, 5.41) is 0.486. The molecule has 0 aromatic rings. The zero-order valence-electron chi connectivity index (χ0n) is 4.34. The van der Waals surface area contributed by atoms with Gasteiger partial charge in [0.05, 0.1) is 6.04 Å². The molecule has 1 rings (SSSR count). The monoisotopic (exact) mass is 127 g/mol. The molecular weight excluding hydrogens is 122 g/mol. The molecule has 0 amide bonds. The maximum Gasteiger partial charge on any atom is 0.124 e. The van der Waals surface area contributed by atoms with Crippen LogP contribution in [0.15, 0.2) is 29.8 Å². The Labute approximate surface area is 53.4 Å². The van der Waals surface area contributed by atoms with Crippen LogP contribution in [0.2, 0.25) is 0 Å². The molecule has 0 aromatic carbocycles. The van der Waals surface area contributed by atoms with Crippen LogP contribution in [0.1, 0.15) is 0 Å². The molecule has 8 heavy (non-hydrogen) atoms. The third kappa shape index (κ3) is 1.51. The van der Waals surface area contributed by atoms with E-state index in [0.717, 1.165) is 0 Å². The van der Waals surface area contributed by atoms with Gasteiger partial charge in [-0.25, -0.2) is 0 Å². The molecular formula is C6H6ClN. The van der Waals surface area contributed by atoms with Crippen molar-refractivity contribution < 1.29 is 0 Å². The topological polar surface area (TPSA) is 12.4 Å². The highest BCUT2D eigenvalue weighted by Gasteiger charge is 2.07. The van der Waals surface area contributed by atoms with Crippen LogP contribution in [0.3, 0.4) is 0 Å². The van der Waals surface area contributed by atoms with E-state index in [-0.39, 0.29) is 6.04 Å². The Hall–Kier alpha value is -0.560. The number of aliphatic imine (C=N–C) groups is 1. The summed E-state index contributed by atoms with van der Waals surface area (Å²) < 4.78 is 0. The van der Waals surface area contributed by atoms with Gasteiger partial charge >= 0.3 is 0 Å². The van der Waals surface area contributed by atoms with Gasteiger partial charge in [-0.15, -0.1) is 0 Å². The Kier molecular flexibility index (Phi) is 1.49. The van der Waals surface area contributed by atoms with Gasteiger partial charge in [0, 0.05) is 0 Å². The lowest BCUT2D eigenvalue weighted by atomic mass is 10.6. The van der Waals surface area contributed by atoms with Gasteiger partial charge in [-0.05, 0) is 6.08 Å². The average molecular weight is 128 g/mol. The van der Waals surface area contributed by atoms with Crippen LogP contribution < -0.4 is 0 Å². The van der Waals surface area contributed by atoms with E-state index in [2.05, 4.69) is 11.6 Å². The summed E-state index contributed by atoms with van der Waals surface area (Å²) in [5.74, 6) is 0. The number of allylic oxidation sites excluding steroid dienone is 1. The molecule has 0 aromatic heterocycles. The third-order valence-electron chi connectivity index (χ3n) is 0.805. The molecule has 1 aliphatic rings. The van der Waals surface area contributed by atoms with Gasteiger partial charge in [-0.1, -0.05) is 30.3 Å². The van der Waals surface area contributed by atoms with E-state index >= 15 is 0 Å². The molecule has 0 fully saturated rings. The second-order valence-electron chi connectivity index (χ2n) is 1.53. The van der Waals surface area contributed by atoms with Crippen molar-refractivity contribution in [3.05, 3.63) is 24.8 Å². The first-order valence-electron chi connectivity index (χ1n) is 2.37. The summed E-state index contributed by atoms with van der Waals surface area (Å²) in [6.07, 6.45) is 5.46. The third-order valence-corrected chi connectivity index (χ3v) is 1.06. The molecule has 0 heterocycles. The minimum atomic E-state index is 0.264. The molecule has 2 heteroatoms. The van der Waals surface area contributed by atoms with Crippen molar-refractivity contribution in [2.45, 2.75) is 6.04 Å². The first-order valence-corrected chi connectivity index (χ1v) is 2.75. The van der Waals surface area contributed by atoms with E-state index in [9.17, 15) is 0 Å². The summed E-state index contributed by atoms with van der Waals surface area (Å²) >= 11 is 5.49. The molecule has 0 unspecified atom stereocenters. The highest BCUT2D eigenvalue weighted by atomic mass is 35.5. The van der Waals surface area contributed by atoms with Gasteiger partial charge in [-0.2, -0.15) is 0 Å². The summed E-state index contributed by atoms with van der Waals surface area (Å²) in [6.45, 7) is 3.45. The molecule has 0 bridgehead atoms. The average Bonchev–Trinajstić information content (AvgIpc) is 2.50. The maximum absolute atomic E-state index is 5.49. The van der Waals surface area contributed by atoms with Crippen molar-refractivity contribution in [3.8, 4) is 0 Å². The Balaban J connectivity index is 2.39. The summed E-state index contributed by atoms with van der Waals surface area (Å²) in [5.41, 5.74) is 0. The normalized spacial score (nSPS) is 18.9. The van der Waals surface area contributed by atoms with Gasteiger partial charge in [0.25, 0.3) is 0 Å². The standard InChI is InChI=1S/C6H6ClN/c1-2-6(7)8-5-3-4-5/h2-5H,1H2. The lowest BCUT2D eigenvalue weighted by Gasteiger charge is -1.83. The number of halogens is 1. The number of hydrogen-bond donors (Lipinski definition) is 0. The predicted octanol–water partition coefficient (Wildman–Crippen LogP) is 1.75. The second kappa shape index (κ2) is 2.14. The van der Waals surface area contributed by atoms with Crippen molar-refractivity contribution >= 4 is 16.8 Å². The van der Waals surface area contributed by atoms with Crippen molar-refractivity contribution in [1.29, 1.82) is 0 Å². The van der Waals surface area contributed by atoms with Crippen LogP contribution in [0.25, 0.3) is 0 Å². The Morgan fingerprint density at radius 3 is 2.75 bits per heavy atom. The molecule has 0 saturated heterocycles. The SMILES string of the molecule is C=CC(Cl)=NC1C=C1. The lowest BCUT2D eigenvalue weighted by Crippen LogP contribution is -1.83. The van der Waals surface area contributed by atoms with Crippen LogP contribution in [-0.2, 0) is 0 Å². The number of hydrogen-bond acceptors (Lipinski definition) is 1. The zero-order valence-corrected chi connectivity index (χ0v) is 5.10. The van der Waals surface area contributed by atoms with E-state index in [0.29, 0.717) is 5.17 Å². The van der Waals surface area contributed by atoms with Gasteiger partial charge < -0.3 is 0 Å². The van der Waals surface area contributed by atoms with Crippen LogP contribution in [0.4, 0.5) is 0 Å². The quantitative estimate of drug-likeness (QED) is 0.396. The Morgan fingerprint density at radius 2 is 2.38 bits per heavy atom. The summed E-state index contributed by atoms with van der Waals surface area (Å²) in [4.78, 5) is 3.96. The highest BCUT2D eigenvalue weighted by molar-refractivity contribution is 6.68. The molecule has 1 nitrogen and oxygen atoms in total. The highest BCUT2D eigenvalue weighted by Crippen LogP contribution is 2.10. The Morgan fingerprint density at radius 1 is 1.75 bits per heavy atom. The largest absolute Gasteiger partial charge is 0.261 e. The van der Waals surface area contributed by atoms with Gasteiger partial charge in [0.1, 0.15) is 5.17 Å². The van der Waals surface area contributed by atoms with Crippen molar-refractivity contribution in [1.82, 2.24) is 0 Å². The molecule has 1 aliphatic carbocycles. The van der Waals surface area contributed by atoms with E-state index in [1.54, 1.807) is 0 Å². The molecule has 0 atom stereocenters. The summed E-state index contributed by atoms with van der Waals surface area (Å²) in [7, 11) is 0. The van der Waals surface area contributed by atoms with Crippen LogP contribution in [0, 0.1) is 0 Å². The molecule has 0 radical (unpaired) electrons. The van der Waals surface area contributed by atoms with Gasteiger partial charge in [-0.3, -0.25) is 4.99 Å². The van der Waals surface area contributed by atoms with Gasteiger partial charge in [0.15, 0.2) is 0 Å². The first-order chi connectivity index (χ1) is 3.83. The minimum Gasteiger partial charge on any atom is -0.261 e. The minimum absolute atomic E-state index is 0.264. The van der Waals surface area contributed by atoms with Crippen LogP contribution >= 0.6 is 11.6 Å². The van der Waals surface area contributed by atoms with Crippen molar-refractivity contribution in [2.24, 2.45) is 4.99 Å². The Bertz CT molecular complexity index is 152. The zero-order chi connectivity index (χ0) is 5.98. The lowest BCUT2D eigenvalue weighted by molar-refractivity contribution is 1.17. The fraction of sp³-hybridized carbons (Fsp3) is 0.167. The molecule has 0 aliphatic heterocycles. The summed E-state index contributed by atoms with van der Waals surface area (Å²) in [6, 6.07) is 0.264. The predicted molar refractivity (Wildman–Crippen MR) is 36.4 cm³/mol. The van der Waals surface area contributed by atoms with E-state index in [4.69, 9.17) is 11.6 Å². The second-order valence-corrected chi connectivity index (χ2v) is 1.92. The molecule has 42 valence electrons. The van der Waals surface area contributed by atoms with Crippen molar-refractivity contribution in [3.63, 3.8) is 0 Å². The molecule has 0 N–H and O–H groups in total. The van der Waals surface area contributed by atoms with Gasteiger partial charge in [0.2, 0.25) is 0 Å². The van der Waals surface area contributed by atoms with E-state index in [1.165, 1.54) is 6.08 Å².